The summed E-state index contributed by atoms with van der Waals surface area (Å²) in [6.07, 6.45) is 6.10. The lowest BCUT2D eigenvalue weighted by molar-refractivity contribution is 0.102. The van der Waals surface area contributed by atoms with Gasteiger partial charge in [0.1, 0.15) is 5.82 Å². The summed E-state index contributed by atoms with van der Waals surface area (Å²) in [6, 6.07) is 10.2. The first-order valence-corrected chi connectivity index (χ1v) is 11.7. The largest absolute Gasteiger partial charge is 0.357 e. The summed E-state index contributed by atoms with van der Waals surface area (Å²) in [4.78, 5) is 23.4. The fourth-order valence-electron chi connectivity index (χ4n) is 4.85. The second-order valence-electron chi connectivity index (χ2n) is 9.01. The van der Waals surface area contributed by atoms with Gasteiger partial charge in [0.05, 0.1) is 16.7 Å². The number of H-pyrrole nitrogens is 1. The maximum atomic E-state index is 13.0. The van der Waals surface area contributed by atoms with E-state index in [0.29, 0.717) is 24.0 Å². The first-order chi connectivity index (χ1) is 16.0. The van der Waals surface area contributed by atoms with Crippen LogP contribution in [0.15, 0.2) is 36.5 Å². The van der Waals surface area contributed by atoms with Crippen LogP contribution in [-0.2, 0) is 6.54 Å². The predicted octanol–water partition coefficient (Wildman–Crippen LogP) is 3.98. The van der Waals surface area contributed by atoms with E-state index in [1.54, 1.807) is 0 Å². The number of aryl methyl sites for hydroxylation is 2. The van der Waals surface area contributed by atoms with Crippen LogP contribution in [0, 0.1) is 6.92 Å². The first kappa shape index (κ1) is 21.6. The number of aromatic nitrogens is 4. The Bertz CT molecular complexity index is 1310. The number of aromatic amines is 1. The van der Waals surface area contributed by atoms with Gasteiger partial charge in [0.25, 0.3) is 5.91 Å². The van der Waals surface area contributed by atoms with Crippen molar-refractivity contribution in [1.29, 1.82) is 0 Å². The van der Waals surface area contributed by atoms with E-state index >= 15 is 0 Å². The molecule has 0 saturated carbocycles. The smallest absolute Gasteiger partial charge is 0.256 e. The van der Waals surface area contributed by atoms with E-state index < -0.39 is 0 Å². The van der Waals surface area contributed by atoms with Crippen LogP contribution in [0.1, 0.15) is 53.5 Å². The Labute approximate surface area is 193 Å². The molecule has 0 radical (unpaired) electrons. The Kier molecular flexibility index (Phi) is 5.86. The molecule has 0 aliphatic carbocycles. The molecule has 1 amide bonds. The van der Waals surface area contributed by atoms with E-state index in [9.17, 15) is 4.79 Å². The number of fused-ring (bicyclic) bond motifs is 2. The highest BCUT2D eigenvalue weighted by Crippen LogP contribution is 2.32. The van der Waals surface area contributed by atoms with Crippen LogP contribution in [0.25, 0.3) is 21.8 Å². The van der Waals surface area contributed by atoms with Gasteiger partial charge < -0.3 is 16.0 Å². The molecule has 4 heterocycles. The number of amides is 1. The molecule has 5 rings (SSSR count). The Hall–Kier alpha value is -3.23. The number of hydrogen-bond donors (Lipinski definition) is 3. The third-order valence-corrected chi connectivity index (χ3v) is 6.67. The van der Waals surface area contributed by atoms with Gasteiger partial charge in [-0.05, 0) is 70.9 Å². The Morgan fingerprint density at radius 1 is 1.27 bits per heavy atom. The SMILES string of the molecule is Cc1nn(CCCCN)c2cc(C(=O)Nc3cc4[nH]c([C@H]5CCCN5C)cc4cn3)ccc12. The monoisotopic (exact) mass is 445 g/mol. The van der Waals surface area contributed by atoms with Crippen molar-refractivity contribution in [1.82, 2.24) is 24.6 Å². The third kappa shape index (κ3) is 4.24. The molecule has 8 heteroatoms. The van der Waals surface area contributed by atoms with E-state index in [1.807, 2.05) is 42.1 Å². The summed E-state index contributed by atoms with van der Waals surface area (Å²) < 4.78 is 1.97. The van der Waals surface area contributed by atoms with Crippen molar-refractivity contribution in [2.75, 3.05) is 25.5 Å². The number of nitrogens with two attached hydrogens (primary N) is 1. The topological polar surface area (TPSA) is 105 Å². The molecule has 3 aromatic heterocycles. The van der Waals surface area contributed by atoms with Crippen molar-refractivity contribution in [2.24, 2.45) is 5.73 Å². The lowest BCUT2D eigenvalue weighted by atomic mass is 10.1. The molecule has 4 N–H and O–H groups in total. The number of anilines is 1. The van der Waals surface area contributed by atoms with Gasteiger partial charge in [-0.1, -0.05) is 6.07 Å². The highest BCUT2D eigenvalue weighted by Gasteiger charge is 2.24. The third-order valence-electron chi connectivity index (χ3n) is 6.67. The lowest BCUT2D eigenvalue weighted by Crippen LogP contribution is -2.17. The molecule has 1 aliphatic heterocycles. The van der Waals surface area contributed by atoms with Crippen LogP contribution < -0.4 is 11.1 Å². The molecule has 33 heavy (non-hydrogen) atoms. The van der Waals surface area contributed by atoms with Crippen LogP contribution in [0.4, 0.5) is 5.82 Å². The van der Waals surface area contributed by atoms with Crippen molar-refractivity contribution in [3.63, 3.8) is 0 Å². The summed E-state index contributed by atoms with van der Waals surface area (Å²) in [6.45, 7) is 4.57. The van der Waals surface area contributed by atoms with E-state index in [-0.39, 0.29) is 5.91 Å². The van der Waals surface area contributed by atoms with E-state index in [0.717, 1.165) is 59.9 Å². The summed E-state index contributed by atoms with van der Waals surface area (Å²) in [5.41, 5.74) is 10.3. The molecular weight excluding hydrogens is 414 g/mol. The van der Waals surface area contributed by atoms with Crippen LogP contribution in [0.3, 0.4) is 0 Å². The zero-order chi connectivity index (χ0) is 22.9. The van der Waals surface area contributed by atoms with Crippen molar-refractivity contribution >= 4 is 33.5 Å². The molecule has 1 atom stereocenters. The minimum absolute atomic E-state index is 0.182. The van der Waals surface area contributed by atoms with Crippen LogP contribution in [0.2, 0.25) is 0 Å². The number of pyridine rings is 1. The molecule has 1 saturated heterocycles. The van der Waals surface area contributed by atoms with Crippen molar-refractivity contribution in [2.45, 2.75) is 45.2 Å². The summed E-state index contributed by atoms with van der Waals surface area (Å²) in [5.74, 6) is 0.354. The minimum Gasteiger partial charge on any atom is -0.357 e. The zero-order valence-corrected chi connectivity index (χ0v) is 19.3. The summed E-state index contributed by atoms with van der Waals surface area (Å²) in [5, 5.41) is 9.72. The van der Waals surface area contributed by atoms with Crippen molar-refractivity contribution < 1.29 is 4.79 Å². The minimum atomic E-state index is -0.182. The average molecular weight is 446 g/mol. The number of carbonyl (C=O) groups is 1. The zero-order valence-electron chi connectivity index (χ0n) is 19.3. The molecule has 0 unspecified atom stereocenters. The highest BCUT2D eigenvalue weighted by atomic mass is 16.1. The number of rotatable bonds is 7. The molecule has 0 bridgehead atoms. The highest BCUT2D eigenvalue weighted by molar-refractivity contribution is 6.06. The molecule has 172 valence electrons. The standard InChI is InChI=1S/C25H31N7O/c1-16-19-8-7-17(13-23(19)32(30-16)11-4-3-9-26)25(33)29-24-14-20-18(15-27-24)12-21(28-20)22-6-5-10-31(22)2/h7-8,12-15,22,28H,3-6,9-11,26H2,1-2H3,(H,27,29,33)/t22-/m1/s1. The van der Waals surface area contributed by atoms with E-state index in [4.69, 9.17) is 5.73 Å². The number of nitrogens with zero attached hydrogens (tertiary/aromatic N) is 4. The number of likely N-dealkylation sites (tertiary alicyclic amines) is 1. The second-order valence-corrected chi connectivity index (χ2v) is 9.01. The number of benzene rings is 1. The maximum Gasteiger partial charge on any atom is 0.256 e. The van der Waals surface area contributed by atoms with Gasteiger partial charge in [0.15, 0.2) is 0 Å². The number of unbranched alkanes of at least 4 members (excludes halogenated alkanes) is 1. The summed E-state index contributed by atoms with van der Waals surface area (Å²) in [7, 11) is 2.16. The quantitative estimate of drug-likeness (QED) is 0.373. The Morgan fingerprint density at radius 2 is 2.15 bits per heavy atom. The molecule has 1 aromatic carbocycles. The second kappa shape index (κ2) is 8.96. The van der Waals surface area contributed by atoms with Gasteiger partial charge in [0, 0.05) is 46.9 Å². The number of carbonyl (C=O) groups excluding carboxylic acids is 1. The molecule has 0 spiro atoms. The van der Waals surface area contributed by atoms with Gasteiger partial charge in [-0.25, -0.2) is 4.98 Å². The summed E-state index contributed by atoms with van der Waals surface area (Å²) >= 11 is 0. The van der Waals surface area contributed by atoms with Gasteiger partial charge in [-0.2, -0.15) is 5.10 Å². The van der Waals surface area contributed by atoms with Crippen LogP contribution in [-0.4, -0.2) is 50.7 Å². The van der Waals surface area contributed by atoms with Crippen LogP contribution >= 0.6 is 0 Å². The van der Waals surface area contributed by atoms with E-state index in [2.05, 4.69) is 38.4 Å². The Balaban J connectivity index is 1.36. The fraction of sp³-hybridized carbons (Fsp3) is 0.400. The average Bonchev–Trinajstić information content (AvgIpc) is 3.50. The molecular formula is C25H31N7O. The fourth-order valence-corrected chi connectivity index (χ4v) is 4.85. The Morgan fingerprint density at radius 3 is 2.94 bits per heavy atom. The molecule has 8 nitrogen and oxygen atoms in total. The van der Waals surface area contributed by atoms with Gasteiger partial charge >= 0.3 is 0 Å². The normalized spacial score (nSPS) is 16.8. The first-order valence-electron chi connectivity index (χ1n) is 11.7. The predicted molar refractivity (Wildman–Crippen MR) is 131 cm³/mol. The molecule has 4 aromatic rings. The van der Waals surface area contributed by atoms with Gasteiger partial charge in [0.2, 0.25) is 0 Å². The lowest BCUT2D eigenvalue weighted by Gasteiger charge is -2.17. The number of hydrogen-bond acceptors (Lipinski definition) is 5. The molecule has 1 fully saturated rings. The number of nitrogens with one attached hydrogen (secondary N) is 2. The maximum absolute atomic E-state index is 13.0. The van der Waals surface area contributed by atoms with Crippen molar-refractivity contribution in [3.8, 4) is 0 Å². The van der Waals surface area contributed by atoms with Crippen molar-refractivity contribution in [3.05, 3.63) is 53.5 Å². The molecule has 1 aliphatic rings. The van der Waals surface area contributed by atoms with Gasteiger partial charge in [-0.15, -0.1) is 0 Å². The van der Waals surface area contributed by atoms with E-state index in [1.165, 1.54) is 12.1 Å². The van der Waals surface area contributed by atoms with Crippen LogP contribution in [0.5, 0.6) is 0 Å². The van der Waals surface area contributed by atoms with Gasteiger partial charge in [-0.3, -0.25) is 14.4 Å².